The zero-order valence-corrected chi connectivity index (χ0v) is 10.9. The van der Waals surface area contributed by atoms with Crippen molar-refractivity contribution >= 4 is 5.78 Å². The number of aromatic nitrogens is 1. The first-order valence-corrected chi connectivity index (χ1v) is 6.32. The van der Waals surface area contributed by atoms with Gasteiger partial charge < -0.3 is 0 Å². The fourth-order valence-electron chi connectivity index (χ4n) is 1.92. The first-order chi connectivity index (χ1) is 9.13. The van der Waals surface area contributed by atoms with Gasteiger partial charge in [-0.15, -0.1) is 0 Å². The molecule has 0 aliphatic rings. The van der Waals surface area contributed by atoms with Crippen LogP contribution in [0.15, 0.2) is 42.5 Å². The average molecular weight is 257 g/mol. The molecule has 1 aromatic heterocycles. The second kappa shape index (κ2) is 6.23. The zero-order valence-electron chi connectivity index (χ0n) is 10.9. The van der Waals surface area contributed by atoms with Crippen LogP contribution in [-0.2, 0) is 17.6 Å². The highest BCUT2D eigenvalue weighted by Gasteiger charge is 2.05. The van der Waals surface area contributed by atoms with Gasteiger partial charge in [-0.3, -0.25) is 9.78 Å². The predicted molar refractivity (Wildman–Crippen MR) is 72.4 cm³/mol. The monoisotopic (exact) mass is 257 g/mol. The second-order valence-electron chi connectivity index (χ2n) is 4.61. The molecule has 0 N–H and O–H groups in total. The quantitative estimate of drug-likeness (QED) is 0.822. The van der Waals surface area contributed by atoms with Crippen molar-refractivity contribution in [1.29, 1.82) is 0 Å². The molecule has 0 fully saturated rings. The fraction of sp³-hybridized carbons (Fsp3) is 0.250. The molecule has 98 valence electrons. The number of benzene rings is 1. The molecular weight excluding hydrogens is 241 g/mol. The molecule has 0 unspecified atom stereocenters. The van der Waals surface area contributed by atoms with Crippen LogP contribution < -0.4 is 0 Å². The van der Waals surface area contributed by atoms with E-state index in [0.717, 1.165) is 17.0 Å². The van der Waals surface area contributed by atoms with Crippen molar-refractivity contribution in [2.75, 3.05) is 0 Å². The number of rotatable bonds is 5. The molecule has 0 saturated carbocycles. The summed E-state index contributed by atoms with van der Waals surface area (Å²) in [6.07, 6.45) is 1.47. The lowest BCUT2D eigenvalue weighted by Crippen LogP contribution is -2.06. The molecule has 2 rings (SSSR count). The van der Waals surface area contributed by atoms with Gasteiger partial charge in [0.25, 0.3) is 0 Å². The molecular formula is C16H16FNO. The van der Waals surface area contributed by atoms with Crippen molar-refractivity contribution in [3.8, 4) is 0 Å². The third kappa shape index (κ3) is 4.28. The van der Waals surface area contributed by atoms with E-state index in [9.17, 15) is 9.18 Å². The van der Waals surface area contributed by atoms with Gasteiger partial charge in [-0.25, -0.2) is 4.39 Å². The lowest BCUT2D eigenvalue weighted by atomic mass is 10.0. The number of ketones is 1. The number of hydrogen-bond acceptors (Lipinski definition) is 2. The third-order valence-corrected chi connectivity index (χ3v) is 2.93. The molecule has 0 saturated heterocycles. The van der Waals surface area contributed by atoms with Gasteiger partial charge >= 0.3 is 0 Å². The summed E-state index contributed by atoms with van der Waals surface area (Å²) < 4.78 is 12.7. The van der Waals surface area contributed by atoms with Crippen molar-refractivity contribution in [3.63, 3.8) is 0 Å². The van der Waals surface area contributed by atoms with E-state index in [0.29, 0.717) is 19.3 Å². The summed E-state index contributed by atoms with van der Waals surface area (Å²) in [7, 11) is 0. The summed E-state index contributed by atoms with van der Waals surface area (Å²) in [6.45, 7) is 1.91. The molecule has 0 radical (unpaired) electrons. The predicted octanol–water partition coefficient (Wildman–Crippen LogP) is 3.27. The van der Waals surface area contributed by atoms with E-state index in [1.54, 1.807) is 12.1 Å². The third-order valence-electron chi connectivity index (χ3n) is 2.93. The summed E-state index contributed by atoms with van der Waals surface area (Å²) >= 11 is 0. The number of nitrogens with zero attached hydrogens (tertiary/aromatic N) is 1. The van der Waals surface area contributed by atoms with Crippen LogP contribution in [0, 0.1) is 12.7 Å². The number of carbonyl (C=O) groups is 1. The van der Waals surface area contributed by atoms with Crippen LogP contribution in [0.3, 0.4) is 0 Å². The Hall–Kier alpha value is -2.03. The van der Waals surface area contributed by atoms with Crippen LogP contribution in [0.2, 0.25) is 0 Å². The number of carbonyl (C=O) groups excluding carboxylic acids is 1. The molecule has 0 amide bonds. The van der Waals surface area contributed by atoms with Crippen LogP contribution in [0.4, 0.5) is 4.39 Å². The molecule has 19 heavy (non-hydrogen) atoms. The Balaban J connectivity index is 1.86. The summed E-state index contributed by atoms with van der Waals surface area (Å²) in [5.74, 6) is -0.0959. The number of halogens is 1. The van der Waals surface area contributed by atoms with Gasteiger partial charge in [0, 0.05) is 24.2 Å². The number of aryl methyl sites for hydroxylation is 2. The number of hydrogen-bond donors (Lipinski definition) is 0. The molecule has 1 aromatic carbocycles. The van der Waals surface area contributed by atoms with E-state index in [1.165, 1.54) is 12.1 Å². The highest BCUT2D eigenvalue weighted by Crippen LogP contribution is 2.07. The summed E-state index contributed by atoms with van der Waals surface area (Å²) in [5, 5.41) is 0. The molecule has 3 heteroatoms. The van der Waals surface area contributed by atoms with Crippen molar-refractivity contribution in [3.05, 3.63) is 65.2 Å². The Morgan fingerprint density at radius 3 is 2.58 bits per heavy atom. The molecule has 0 aliphatic heterocycles. The fourth-order valence-corrected chi connectivity index (χ4v) is 1.92. The van der Waals surface area contributed by atoms with E-state index in [2.05, 4.69) is 4.98 Å². The maximum absolute atomic E-state index is 12.7. The Morgan fingerprint density at radius 2 is 1.89 bits per heavy atom. The van der Waals surface area contributed by atoms with Gasteiger partial charge in [0.05, 0.1) is 0 Å². The van der Waals surface area contributed by atoms with Crippen molar-refractivity contribution in [2.24, 2.45) is 0 Å². The minimum atomic E-state index is -0.251. The number of pyridine rings is 1. The van der Waals surface area contributed by atoms with Crippen LogP contribution >= 0.6 is 0 Å². The highest BCUT2D eigenvalue weighted by molar-refractivity contribution is 5.80. The molecule has 2 nitrogen and oxygen atoms in total. The average Bonchev–Trinajstić information content (AvgIpc) is 2.38. The molecule has 0 spiro atoms. The summed E-state index contributed by atoms with van der Waals surface area (Å²) in [6, 6.07) is 11.9. The van der Waals surface area contributed by atoms with Gasteiger partial charge in [0.1, 0.15) is 11.6 Å². The molecule has 1 heterocycles. The Morgan fingerprint density at radius 1 is 1.16 bits per heavy atom. The highest BCUT2D eigenvalue weighted by atomic mass is 19.1. The Labute approximate surface area is 112 Å². The normalized spacial score (nSPS) is 10.4. The Kier molecular flexibility index (Phi) is 4.39. The Bertz CT molecular complexity index is 563. The SMILES string of the molecule is Cc1cccc(CC(=O)CCc2ccc(F)cc2)n1. The standard InChI is InChI=1S/C16H16FNO/c1-12-3-2-4-15(18-12)11-16(19)10-7-13-5-8-14(17)9-6-13/h2-6,8-9H,7,10-11H2,1H3. The van der Waals surface area contributed by atoms with Crippen molar-refractivity contribution in [1.82, 2.24) is 4.98 Å². The van der Waals surface area contributed by atoms with Gasteiger partial charge in [-0.2, -0.15) is 0 Å². The van der Waals surface area contributed by atoms with Gasteiger partial charge in [0.15, 0.2) is 0 Å². The van der Waals surface area contributed by atoms with E-state index >= 15 is 0 Å². The smallest absolute Gasteiger partial charge is 0.139 e. The van der Waals surface area contributed by atoms with Crippen molar-refractivity contribution < 1.29 is 9.18 Å². The van der Waals surface area contributed by atoms with E-state index in [4.69, 9.17) is 0 Å². The zero-order chi connectivity index (χ0) is 13.7. The van der Waals surface area contributed by atoms with Gasteiger partial charge in [0.2, 0.25) is 0 Å². The molecule has 0 bridgehead atoms. The molecule has 0 aliphatic carbocycles. The largest absolute Gasteiger partial charge is 0.299 e. The van der Waals surface area contributed by atoms with Crippen LogP contribution in [-0.4, -0.2) is 10.8 Å². The second-order valence-corrected chi connectivity index (χ2v) is 4.61. The van der Waals surface area contributed by atoms with Gasteiger partial charge in [-0.1, -0.05) is 18.2 Å². The first kappa shape index (κ1) is 13.4. The number of Topliss-reactive ketones (excluding diaryl/α,β-unsaturated/α-hetero) is 1. The minimum absolute atomic E-state index is 0.155. The molecule has 0 atom stereocenters. The van der Waals surface area contributed by atoms with Crippen molar-refractivity contribution in [2.45, 2.75) is 26.2 Å². The van der Waals surface area contributed by atoms with E-state index in [1.807, 2.05) is 25.1 Å². The van der Waals surface area contributed by atoms with Gasteiger partial charge in [-0.05, 0) is 43.2 Å². The maximum atomic E-state index is 12.7. The summed E-state index contributed by atoms with van der Waals surface area (Å²) in [5.41, 5.74) is 2.71. The lowest BCUT2D eigenvalue weighted by molar-refractivity contribution is -0.118. The lowest BCUT2D eigenvalue weighted by Gasteiger charge is -2.02. The maximum Gasteiger partial charge on any atom is 0.139 e. The van der Waals surface area contributed by atoms with Crippen LogP contribution in [0.5, 0.6) is 0 Å². The topological polar surface area (TPSA) is 30.0 Å². The van der Waals surface area contributed by atoms with Crippen LogP contribution in [0.1, 0.15) is 23.4 Å². The summed E-state index contributed by atoms with van der Waals surface area (Å²) in [4.78, 5) is 16.2. The van der Waals surface area contributed by atoms with E-state index in [-0.39, 0.29) is 11.6 Å². The first-order valence-electron chi connectivity index (χ1n) is 6.32. The van der Waals surface area contributed by atoms with Crippen LogP contribution in [0.25, 0.3) is 0 Å². The van der Waals surface area contributed by atoms with E-state index < -0.39 is 0 Å². The molecule has 2 aromatic rings. The minimum Gasteiger partial charge on any atom is -0.299 e.